The molecule has 1 aromatic carbocycles. The van der Waals surface area contributed by atoms with Crippen LogP contribution in [0.3, 0.4) is 0 Å². The summed E-state index contributed by atoms with van der Waals surface area (Å²) in [5.41, 5.74) is 1.28. The molecule has 1 amide bonds. The van der Waals surface area contributed by atoms with Crippen LogP contribution in [0.2, 0.25) is 0 Å². The van der Waals surface area contributed by atoms with Gasteiger partial charge in [0.1, 0.15) is 0 Å². The first-order valence-corrected chi connectivity index (χ1v) is 7.55. The number of carbonyl (C=O) groups excluding carboxylic acids is 1. The number of hydrogen-bond acceptors (Lipinski definition) is 1. The maximum atomic E-state index is 11.9. The van der Waals surface area contributed by atoms with E-state index in [-0.39, 0.29) is 11.8 Å². The Morgan fingerprint density at radius 2 is 1.89 bits per heavy atom. The second kappa shape index (κ2) is 9.60. The van der Waals surface area contributed by atoms with E-state index in [2.05, 4.69) is 24.4 Å². The van der Waals surface area contributed by atoms with E-state index < -0.39 is 0 Å². The molecule has 0 heterocycles. The van der Waals surface area contributed by atoms with Crippen LogP contribution in [0.15, 0.2) is 30.3 Å². The molecule has 106 valence electrons. The fourth-order valence-corrected chi connectivity index (χ4v) is 2.16. The third-order valence-corrected chi connectivity index (χ3v) is 3.49. The smallest absolute Gasteiger partial charge is 0.222 e. The molecule has 1 aromatic rings. The number of benzene rings is 1. The number of amides is 1. The predicted molar refractivity (Wildman–Crippen MR) is 81.1 cm³/mol. The van der Waals surface area contributed by atoms with E-state index in [1.165, 1.54) is 31.2 Å². The molecule has 0 aliphatic heterocycles. The molecule has 0 radical (unpaired) electrons. The first-order valence-electron chi connectivity index (χ1n) is 7.55. The fraction of sp³-hybridized carbons (Fsp3) is 0.588. The van der Waals surface area contributed by atoms with Crippen molar-refractivity contribution in [3.8, 4) is 0 Å². The van der Waals surface area contributed by atoms with Gasteiger partial charge >= 0.3 is 0 Å². The molecule has 0 aliphatic rings. The first-order chi connectivity index (χ1) is 9.24. The van der Waals surface area contributed by atoms with Crippen LogP contribution in [0.4, 0.5) is 0 Å². The van der Waals surface area contributed by atoms with E-state index in [0.29, 0.717) is 0 Å². The Morgan fingerprint density at radius 3 is 2.58 bits per heavy atom. The van der Waals surface area contributed by atoms with E-state index in [1.54, 1.807) is 0 Å². The lowest BCUT2D eigenvalue weighted by molar-refractivity contribution is -0.124. The van der Waals surface area contributed by atoms with Crippen LogP contribution in [0.1, 0.15) is 51.5 Å². The Kier molecular flexibility index (Phi) is 7.95. The lowest BCUT2D eigenvalue weighted by Gasteiger charge is -2.12. The van der Waals surface area contributed by atoms with E-state index in [0.717, 1.165) is 19.4 Å². The third kappa shape index (κ3) is 7.00. The lowest BCUT2D eigenvalue weighted by atomic mass is 10.0. The van der Waals surface area contributed by atoms with Crippen molar-refractivity contribution < 1.29 is 4.79 Å². The van der Waals surface area contributed by atoms with Crippen LogP contribution >= 0.6 is 0 Å². The van der Waals surface area contributed by atoms with Crippen LogP contribution in [-0.2, 0) is 11.2 Å². The van der Waals surface area contributed by atoms with Gasteiger partial charge in [-0.2, -0.15) is 0 Å². The molecule has 2 nitrogen and oxygen atoms in total. The molecule has 0 unspecified atom stereocenters. The van der Waals surface area contributed by atoms with Crippen LogP contribution < -0.4 is 5.32 Å². The molecule has 1 N–H and O–H groups in total. The predicted octanol–water partition coefficient (Wildman–Crippen LogP) is 3.95. The van der Waals surface area contributed by atoms with Gasteiger partial charge in [0.15, 0.2) is 0 Å². The molecule has 0 spiro atoms. The Balaban J connectivity index is 2.13. The van der Waals surface area contributed by atoms with Gasteiger partial charge in [0, 0.05) is 12.5 Å². The monoisotopic (exact) mass is 261 g/mol. The molecule has 0 aromatic heterocycles. The van der Waals surface area contributed by atoms with E-state index in [4.69, 9.17) is 0 Å². The van der Waals surface area contributed by atoms with Crippen molar-refractivity contribution in [1.82, 2.24) is 5.32 Å². The highest BCUT2D eigenvalue weighted by Crippen LogP contribution is 2.10. The molecule has 0 saturated carbocycles. The summed E-state index contributed by atoms with van der Waals surface area (Å²) in [5.74, 6) is 0.347. The van der Waals surface area contributed by atoms with Crippen molar-refractivity contribution in [2.75, 3.05) is 6.54 Å². The highest BCUT2D eigenvalue weighted by molar-refractivity contribution is 5.78. The molecule has 2 heteroatoms. The van der Waals surface area contributed by atoms with Gasteiger partial charge in [0.2, 0.25) is 5.91 Å². The lowest BCUT2D eigenvalue weighted by Crippen LogP contribution is -2.30. The minimum absolute atomic E-state index is 0.146. The molecule has 0 fully saturated rings. The Morgan fingerprint density at radius 1 is 1.16 bits per heavy atom. The summed E-state index contributed by atoms with van der Waals surface area (Å²) < 4.78 is 0. The van der Waals surface area contributed by atoms with Gasteiger partial charge in [0.25, 0.3) is 0 Å². The van der Waals surface area contributed by atoms with Crippen molar-refractivity contribution in [2.24, 2.45) is 5.92 Å². The maximum Gasteiger partial charge on any atom is 0.222 e. The number of nitrogens with one attached hydrogen (secondary N) is 1. The molecule has 1 atom stereocenters. The van der Waals surface area contributed by atoms with Gasteiger partial charge in [-0.05, 0) is 18.4 Å². The zero-order valence-electron chi connectivity index (χ0n) is 12.3. The summed E-state index contributed by atoms with van der Waals surface area (Å²) >= 11 is 0. The highest BCUT2D eigenvalue weighted by Gasteiger charge is 2.11. The third-order valence-electron chi connectivity index (χ3n) is 3.49. The van der Waals surface area contributed by atoms with Crippen LogP contribution in [-0.4, -0.2) is 12.5 Å². The van der Waals surface area contributed by atoms with E-state index in [1.807, 2.05) is 25.1 Å². The average molecular weight is 261 g/mol. The second-order valence-corrected chi connectivity index (χ2v) is 5.28. The summed E-state index contributed by atoms with van der Waals surface area (Å²) in [5, 5.41) is 3.03. The van der Waals surface area contributed by atoms with Crippen LogP contribution in [0.5, 0.6) is 0 Å². The van der Waals surface area contributed by atoms with Gasteiger partial charge in [0.05, 0.1) is 0 Å². The fourth-order valence-electron chi connectivity index (χ4n) is 2.16. The van der Waals surface area contributed by atoms with Crippen LogP contribution in [0, 0.1) is 5.92 Å². The molecule has 0 aliphatic carbocycles. The van der Waals surface area contributed by atoms with Crippen LogP contribution in [0.25, 0.3) is 0 Å². The molecular weight excluding hydrogens is 234 g/mol. The minimum Gasteiger partial charge on any atom is -0.356 e. The zero-order valence-corrected chi connectivity index (χ0v) is 12.3. The number of carbonyl (C=O) groups is 1. The van der Waals surface area contributed by atoms with E-state index >= 15 is 0 Å². The summed E-state index contributed by atoms with van der Waals surface area (Å²) in [6, 6.07) is 10.3. The molecule has 0 bridgehead atoms. The van der Waals surface area contributed by atoms with Gasteiger partial charge in [-0.25, -0.2) is 0 Å². The molecular formula is C17H27NO. The van der Waals surface area contributed by atoms with Gasteiger partial charge < -0.3 is 5.32 Å². The number of rotatable bonds is 9. The van der Waals surface area contributed by atoms with Gasteiger partial charge in [-0.3, -0.25) is 4.79 Å². The first kappa shape index (κ1) is 15.7. The van der Waals surface area contributed by atoms with Gasteiger partial charge in [-0.1, -0.05) is 69.9 Å². The zero-order chi connectivity index (χ0) is 13.9. The largest absolute Gasteiger partial charge is 0.356 e. The highest BCUT2D eigenvalue weighted by atomic mass is 16.1. The van der Waals surface area contributed by atoms with Crippen molar-refractivity contribution in [3.05, 3.63) is 35.9 Å². The maximum absolute atomic E-state index is 11.9. The molecule has 19 heavy (non-hydrogen) atoms. The second-order valence-electron chi connectivity index (χ2n) is 5.28. The Bertz CT molecular complexity index is 348. The number of unbranched alkanes of at least 4 members (excludes halogenated alkanes) is 3. The normalized spacial score (nSPS) is 12.1. The average Bonchev–Trinajstić information content (AvgIpc) is 2.44. The number of hydrogen-bond donors (Lipinski definition) is 1. The summed E-state index contributed by atoms with van der Waals surface area (Å²) in [7, 11) is 0. The summed E-state index contributed by atoms with van der Waals surface area (Å²) in [6.07, 6.45) is 6.87. The summed E-state index contributed by atoms with van der Waals surface area (Å²) in [4.78, 5) is 11.9. The topological polar surface area (TPSA) is 29.1 Å². The minimum atomic E-state index is 0.146. The Labute approximate surface area is 117 Å². The van der Waals surface area contributed by atoms with Crippen molar-refractivity contribution in [1.29, 1.82) is 0 Å². The standard InChI is InChI=1S/C17H27NO/c1-3-4-5-7-10-15(2)17(19)18-14-13-16-11-8-6-9-12-16/h6,8-9,11-12,15H,3-5,7,10,13-14H2,1-2H3,(H,18,19)/t15-/m1/s1. The van der Waals surface area contributed by atoms with E-state index in [9.17, 15) is 4.79 Å². The summed E-state index contributed by atoms with van der Waals surface area (Å²) in [6.45, 7) is 4.98. The van der Waals surface area contributed by atoms with Gasteiger partial charge in [-0.15, -0.1) is 0 Å². The van der Waals surface area contributed by atoms with Crippen molar-refractivity contribution in [3.63, 3.8) is 0 Å². The molecule has 1 rings (SSSR count). The van der Waals surface area contributed by atoms with Crippen molar-refractivity contribution >= 4 is 5.91 Å². The SMILES string of the molecule is CCCCCC[C@@H](C)C(=O)NCCc1ccccc1. The quantitative estimate of drug-likeness (QED) is 0.670. The molecule has 0 saturated heterocycles. The Hall–Kier alpha value is -1.31. The van der Waals surface area contributed by atoms with Crippen molar-refractivity contribution in [2.45, 2.75) is 52.4 Å².